The Morgan fingerprint density at radius 1 is 0.338 bits per heavy atom. The van der Waals surface area contributed by atoms with Crippen LogP contribution in [0, 0.1) is 133 Å². The lowest BCUT2D eigenvalue weighted by Gasteiger charge is -2.50. The summed E-state index contributed by atoms with van der Waals surface area (Å²) in [4.78, 5) is 0. The molecule has 4 aliphatic rings. The van der Waals surface area contributed by atoms with E-state index in [1.807, 2.05) is 0 Å². The summed E-state index contributed by atoms with van der Waals surface area (Å²) in [6.45, 7) is 94.7. The Hall–Kier alpha value is -0.0400. The van der Waals surface area contributed by atoms with E-state index in [1.54, 1.807) is 0 Å². The molecule has 0 aromatic carbocycles. The highest BCUT2D eigenvalue weighted by atomic mass is 16.5. The Morgan fingerprint density at radius 3 is 0.623 bits per heavy atom. The molecule has 4 fully saturated rings. The van der Waals surface area contributed by atoms with E-state index in [0.717, 1.165) is 114 Å². The van der Waals surface area contributed by atoms with Crippen molar-refractivity contribution in [1.82, 2.24) is 0 Å². The average Bonchev–Trinajstić information content (AvgIpc) is 3.17. The van der Waals surface area contributed by atoms with Crippen molar-refractivity contribution in [3.8, 4) is 0 Å². The van der Waals surface area contributed by atoms with Crippen LogP contribution in [0.15, 0.2) is 0 Å². The topological polar surface area (TPSA) is 9.23 Å². The molecule has 8 unspecified atom stereocenters. The highest BCUT2D eigenvalue weighted by Gasteiger charge is 2.43. The molecule has 0 heterocycles. The van der Waals surface area contributed by atoms with Crippen molar-refractivity contribution >= 4 is 0 Å². The maximum Gasteiger partial charge on any atom is 0.0514 e. The van der Waals surface area contributed by atoms with Crippen LogP contribution in [-0.2, 0) is 4.74 Å². The van der Waals surface area contributed by atoms with Gasteiger partial charge in [0.1, 0.15) is 0 Å². The molecule has 8 atom stereocenters. The zero-order valence-corrected chi connectivity index (χ0v) is 62.7. The fourth-order valence-corrected chi connectivity index (χ4v) is 9.58. The van der Waals surface area contributed by atoms with Gasteiger partial charge in [0.15, 0.2) is 0 Å². The molecule has 0 aromatic rings. The van der Waals surface area contributed by atoms with Crippen molar-refractivity contribution in [2.24, 2.45) is 133 Å². The highest BCUT2D eigenvalue weighted by molar-refractivity contribution is 4.92. The molecule has 0 aromatic heterocycles. The van der Waals surface area contributed by atoms with E-state index in [9.17, 15) is 0 Å². The third-order valence-electron chi connectivity index (χ3n) is 16.3. The third-order valence-corrected chi connectivity index (χ3v) is 16.3. The molecule has 4 aliphatic carbocycles. The second-order valence-electron chi connectivity index (χ2n) is 36.9. The van der Waals surface area contributed by atoms with Crippen LogP contribution in [0.3, 0.4) is 0 Å². The minimum Gasteiger partial charge on any atom is -0.380 e. The summed E-state index contributed by atoms with van der Waals surface area (Å²) in [6, 6.07) is 0. The van der Waals surface area contributed by atoms with Crippen molar-refractivity contribution in [2.45, 2.75) is 348 Å². The predicted molar refractivity (Wildman–Crippen MR) is 366 cm³/mol. The lowest BCUT2D eigenvalue weighted by molar-refractivity contribution is -0.00927. The zero-order chi connectivity index (χ0) is 63.0. The summed E-state index contributed by atoms with van der Waals surface area (Å²) in [5, 5.41) is 0. The lowest BCUT2D eigenvalue weighted by atomic mass is 9.55. The quantitative estimate of drug-likeness (QED) is 0.274. The summed E-state index contributed by atoms with van der Waals surface area (Å²) in [7, 11) is 0. The normalized spacial score (nSPS) is 28.4. The van der Waals surface area contributed by atoms with Gasteiger partial charge in [-0.15, -0.1) is 0 Å². The van der Waals surface area contributed by atoms with Gasteiger partial charge in [-0.2, -0.15) is 0 Å². The Labute approximate surface area is 498 Å². The van der Waals surface area contributed by atoms with Crippen LogP contribution in [0.5, 0.6) is 0 Å². The molecule has 4 saturated carbocycles. The van der Waals surface area contributed by atoms with Crippen molar-refractivity contribution in [3.05, 3.63) is 0 Å². The lowest BCUT2D eigenvalue weighted by Crippen LogP contribution is -2.43. The van der Waals surface area contributed by atoms with Crippen LogP contribution in [0.2, 0.25) is 0 Å². The van der Waals surface area contributed by atoms with Gasteiger partial charge in [-0.1, -0.05) is 316 Å². The van der Waals surface area contributed by atoms with E-state index in [4.69, 9.17) is 4.74 Å². The molecular formula is C76H166O. The van der Waals surface area contributed by atoms with Crippen molar-refractivity contribution in [2.75, 3.05) is 13.2 Å². The van der Waals surface area contributed by atoms with Gasteiger partial charge >= 0.3 is 0 Å². The summed E-state index contributed by atoms with van der Waals surface area (Å²) in [6.07, 6.45) is 14.5. The van der Waals surface area contributed by atoms with Gasteiger partial charge in [-0.3, -0.25) is 0 Å². The summed E-state index contributed by atoms with van der Waals surface area (Å²) in [5.41, 5.74) is 2.64. The van der Waals surface area contributed by atoms with Gasteiger partial charge in [-0.25, -0.2) is 0 Å². The molecule has 1 heteroatoms. The largest absolute Gasteiger partial charge is 0.380 e. The molecule has 4 rings (SSSR count). The molecule has 476 valence electrons. The maximum atomic E-state index is 5.56. The highest BCUT2D eigenvalue weighted by Crippen LogP contribution is 2.51. The Kier molecular flexibility index (Phi) is 48.9. The van der Waals surface area contributed by atoms with Crippen LogP contribution in [-0.4, -0.2) is 13.2 Å². The minimum atomic E-state index is 0. The van der Waals surface area contributed by atoms with E-state index < -0.39 is 0 Å². The van der Waals surface area contributed by atoms with E-state index in [0.29, 0.717) is 32.5 Å². The summed E-state index contributed by atoms with van der Waals surface area (Å²) < 4.78 is 5.56. The Balaban J connectivity index is -0.000000147. The number of hydrogen-bond acceptors (Lipinski definition) is 1. The Bertz CT molecular complexity index is 1140. The van der Waals surface area contributed by atoms with E-state index in [2.05, 4.69) is 284 Å². The molecule has 0 spiro atoms. The summed E-state index contributed by atoms with van der Waals surface area (Å²) in [5.74, 6) is 16.2. The SMILES string of the molecule is CC(C)(C)C.CC(C)(C)C.CC(C)(C)COCC(C)(C)C.CC(C)C.CC(C)C(C)(C)C.CC(C)C(C)C.CC1CC(C)C(C)CC1C.CC1CC(C)CC(C)C1.CC1CCC(C)C2C(C)CCC(C)C12.CCC(C)(C)C.[HH]. The molecule has 0 N–H and O–H groups in total. The van der Waals surface area contributed by atoms with E-state index in [-0.39, 0.29) is 1.43 Å². The monoisotopic (exact) mass is 1100 g/mol. The molecule has 77 heavy (non-hydrogen) atoms. The van der Waals surface area contributed by atoms with Gasteiger partial charge in [0, 0.05) is 1.43 Å². The number of rotatable bonds is 3. The molecule has 0 bridgehead atoms. The first-order valence-electron chi connectivity index (χ1n) is 33.6. The van der Waals surface area contributed by atoms with Crippen LogP contribution in [0.25, 0.3) is 0 Å². The van der Waals surface area contributed by atoms with Crippen molar-refractivity contribution < 1.29 is 6.16 Å². The van der Waals surface area contributed by atoms with Gasteiger partial charge in [0.2, 0.25) is 0 Å². The Morgan fingerprint density at radius 2 is 0.506 bits per heavy atom. The first-order chi connectivity index (χ1) is 34.0. The minimum absolute atomic E-state index is 0. The van der Waals surface area contributed by atoms with Crippen molar-refractivity contribution in [3.63, 3.8) is 0 Å². The smallest absolute Gasteiger partial charge is 0.0514 e. The van der Waals surface area contributed by atoms with E-state index in [1.165, 1.54) is 64.2 Å². The number of hydrogen-bond donors (Lipinski definition) is 0. The molecule has 0 radical (unpaired) electrons. The van der Waals surface area contributed by atoms with Crippen LogP contribution in [0.1, 0.15) is 350 Å². The van der Waals surface area contributed by atoms with Gasteiger partial charge in [0.25, 0.3) is 0 Å². The van der Waals surface area contributed by atoms with Crippen LogP contribution in [0.4, 0.5) is 0 Å². The maximum absolute atomic E-state index is 5.56. The second-order valence-corrected chi connectivity index (χ2v) is 36.9. The number of fused-ring (bicyclic) bond motifs is 1. The third kappa shape index (κ3) is 66.6. The molecule has 0 aliphatic heterocycles. The fraction of sp³-hybridized carbons (Fsp3) is 1.00. The standard InChI is InChI=1S/C14H26.C10H22O.C10H20.C9H18.C7H16.2C6H14.2C5H12.C4H10.H2/c1-9-5-6-11(3)14-12(4)8-7-10(2)13(9)14;1-9(2,3)7-11-8-10(4,5)6;1-7-5-9(3)10(4)6-8(7)2;1-7-4-8(2)6-9(3)5-7;1-6(2)7(3,4)5;1-5-6(2,3)4;1-5(2)6(3)4;2*1-5(2,3)4;1-4(2)3;/h9-14H,5-8H2,1-4H3;7-8H2,1-6H3;7-10H,5-6H2,1-4H3;7-9H,4-6H2,1-3H3;6H,1-5H3;5H2,1-4H3;5-6H,1-4H3;2*1-4H3;4H,1-3H3;1H. The van der Waals surface area contributed by atoms with Crippen LogP contribution >= 0.6 is 0 Å². The molecule has 0 amide bonds. The molecule has 0 saturated heterocycles. The van der Waals surface area contributed by atoms with E-state index >= 15 is 0 Å². The van der Waals surface area contributed by atoms with Gasteiger partial charge in [-0.05, 0) is 165 Å². The predicted octanol–water partition coefficient (Wildman–Crippen LogP) is 27.3. The van der Waals surface area contributed by atoms with Crippen LogP contribution < -0.4 is 0 Å². The zero-order valence-electron chi connectivity index (χ0n) is 62.7. The molecule has 1 nitrogen and oxygen atoms in total. The first-order valence-corrected chi connectivity index (χ1v) is 33.6. The average molecular weight is 1100 g/mol. The molecular weight excluding hydrogens is 929 g/mol. The van der Waals surface area contributed by atoms with Crippen molar-refractivity contribution in [1.29, 1.82) is 0 Å². The summed E-state index contributed by atoms with van der Waals surface area (Å²) >= 11 is 0. The van der Waals surface area contributed by atoms with Gasteiger partial charge < -0.3 is 4.74 Å². The number of ether oxygens (including phenoxy) is 1. The first kappa shape index (κ1) is 88.2. The fourth-order valence-electron chi connectivity index (χ4n) is 9.58. The van der Waals surface area contributed by atoms with Gasteiger partial charge in [0.05, 0.1) is 13.2 Å². The second kappa shape index (κ2) is 42.7.